The first-order valence-corrected chi connectivity index (χ1v) is 15.6. The highest BCUT2D eigenvalue weighted by Crippen LogP contribution is 2.66. The Morgan fingerprint density at radius 3 is 2.27 bits per heavy atom. The average Bonchev–Trinajstić information content (AvgIpc) is 2.79. The van der Waals surface area contributed by atoms with Gasteiger partial charge in [0, 0.05) is 30.1 Å². The molecule has 2 unspecified atom stereocenters. The molecule has 2 bridgehead atoms. The summed E-state index contributed by atoms with van der Waals surface area (Å²) in [5, 5.41) is -0.394. The van der Waals surface area contributed by atoms with Crippen molar-refractivity contribution in [1.29, 1.82) is 0 Å². The smallest absolute Gasteiger partial charge is 0.158 e. The van der Waals surface area contributed by atoms with E-state index in [2.05, 4.69) is 46.8 Å². The van der Waals surface area contributed by atoms with Crippen LogP contribution in [0.2, 0.25) is 0 Å². The number of ketones is 2. The van der Waals surface area contributed by atoms with Crippen molar-refractivity contribution >= 4 is 22.4 Å². The van der Waals surface area contributed by atoms with Crippen molar-refractivity contribution in [1.82, 2.24) is 0 Å². The Morgan fingerprint density at radius 1 is 1.19 bits per heavy atom. The van der Waals surface area contributed by atoms with E-state index in [1.807, 2.05) is 39.8 Å². The van der Waals surface area contributed by atoms with E-state index in [-0.39, 0.29) is 29.0 Å². The summed E-state index contributed by atoms with van der Waals surface area (Å²) >= 11 is 0. The molecule has 2 aliphatic rings. The predicted molar refractivity (Wildman–Crippen MR) is 156 cm³/mol. The molecule has 0 N–H and O–H groups in total. The number of hydrogen-bond donors (Lipinski definition) is 0. The van der Waals surface area contributed by atoms with Crippen LogP contribution in [-0.2, 0) is 25.1 Å². The predicted octanol–water partition coefficient (Wildman–Crippen LogP) is 7.40. The first-order valence-electron chi connectivity index (χ1n) is 13.9. The van der Waals surface area contributed by atoms with E-state index in [1.54, 1.807) is 13.4 Å². The maximum absolute atomic E-state index is 15.0. The van der Waals surface area contributed by atoms with Crippen LogP contribution in [0, 0.1) is 28.1 Å². The zero-order valence-corrected chi connectivity index (χ0v) is 26.1. The molecule has 0 aromatic heterocycles. The molecule has 2 aliphatic carbocycles. The van der Waals surface area contributed by atoms with Gasteiger partial charge in [0.15, 0.2) is 11.6 Å². The number of Topliss-reactive ketones (excluding diaryl/α,β-unsaturated/α-hetero) is 2. The third-order valence-electron chi connectivity index (χ3n) is 9.27. The number of fused-ring (bicyclic) bond motifs is 2. The molecule has 4 nitrogen and oxygen atoms in total. The first kappa shape index (κ1) is 31.9. The summed E-state index contributed by atoms with van der Waals surface area (Å²) in [5.41, 5.74) is -0.511. The van der Waals surface area contributed by atoms with Gasteiger partial charge in [0.2, 0.25) is 0 Å². The number of allylic oxidation sites excluding steroid dienone is 5. The van der Waals surface area contributed by atoms with Gasteiger partial charge in [-0.2, -0.15) is 0 Å². The fraction of sp³-hybridized carbons (Fsp3) is 0.750. The third kappa shape index (κ3) is 5.98. The molecular formula is C32H52O4S. The first-order chi connectivity index (χ1) is 17.0. The van der Waals surface area contributed by atoms with Crippen molar-refractivity contribution in [2.45, 2.75) is 112 Å². The van der Waals surface area contributed by atoms with Crippen LogP contribution < -0.4 is 0 Å². The molecule has 5 heteroatoms. The molecule has 210 valence electrons. The molecule has 1 fully saturated rings. The van der Waals surface area contributed by atoms with E-state index < -0.39 is 32.3 Å². The fourth-order valence-electron chi connectivity index (χ4n) is 6.80. The minimum absolute atomic E-state index is 0.000789. The Morgan fingerprint density at radius 2 is 1.78 bits per heavy atom. The standard InChI is InChI=1S/C32H52O4S/c1-22(2)13-14-25-21-31(19-15-23(3)4)26(37(11)35)16-20-32(28(31)34,27(33)24(5)6)30(25,9)18-12-17-29(7,8)36-10/h13,15-16,20,24-26H,12,14,17-19,21H2,1-11H3/t25-,26?,30+,31+,32+,37?/m1/s1. The second kappa shape index (κ2) is 11.8. The lowest BCUT2D eigenvalue weighted by Crippen LogP contribution is -2.68. The van der Waals surface area contributed by atoms with E-state index in [4.69, 9.17) is 4.74 Å². The van der Waals surface area contributed by atoms with Crippen LogP contribution in [0.15, 0.2) is 35.5 Å². The van der Waals surface area contributed by atoms with Crippen LogP contribution in [0.25, 0.3) is 0 Å². The van der Waals surface area contributed by atoms with E-state index in [1.165, 1.54) is 5.57 Å². The highest BCUT2D eigenvalue weighted by atomic mass is 32.2. The summed E-state index contributed by atoms with van der Waals surface area (Å²) in [5.74, 6) is -0.169. The highest BCUT2D eigenvalue weighted by molar-refractivity contribution is 7.85. The zero-order valence-electron chi connectivity index (χ0n) is 25.3. The summed E-state index contributed by atoms with van der Waals surface area (Å²) in [7, 11) is 0.505. The van der Waals surface area contributed by atoms with Gasteiger partial charge in [-0.1, -0.05) is 56.2 Å². The monoisotopic (exact) mass is 532 g/mol. The number of carbonyl (C=O) groups is 2. The number of hydrogen-bond acceptors (Lipinski definition) is 4. The lowest BCUT2D eigenvalue weighted by atomic mass is 9.39. The van der Waals surface area contributed by atoms with Crippen LogP contribution in [-0.4, -0.2) is 40.0 Å². The third-order valence-corrected chi connectivity index (χ3v) is 10.6. The number of carbonyl (C=O) groups excluding carboxylic acids is 2. The van der Waals surface area contributed by atoms with Crippen molar-refractivity contribution in [2.24, 2.45) is 28.1 Å². The summed E-state index contributed by atoms with van der Waals surface area (Å²) < 4.78 is 18.8. The lowest BCUT2D eigenvalue weighted by Gasteiger charge is -2.62. The molecule has 0 heterocycles. The van der Waals surface area contributed by atoms with Crippen molar-refractivity contribution in [3.63, 3.8) is 0 Å². The largest absolute Gasteiger partial charge is 0.379 e. The summed E-state index contributed by atoms with van der Waals surface area (Å²) in [4.78, 5) is 29.3. The molecule has 0 saturated heterocycles. The Balaban J connectivity index is 2.85. The van der Waals surface area contributed by atoms with Crippen LogP contribution >= 0.6 is 0 Å². The van der Waals surface area contributed by atoms with E-state index in [0.717, 1.165) is 31.3 Å². The van der Waals surface area contributed by atoms with Gasteiger partial charge in [-0.25, -0.2) is 0 Å². The average molecular weight is 533 g/mol. The minimum Gasteiger partial charge on any atom is -0.379 e. The highest BCUT2D eigenvalue weighted by Gasteiger charge is 2.71. The van der Waals surface area contributed by atoms with Gasteiger partial charge in [0.25, 0.3) is 0 Å². The summed E-state index contributed by atoms with van der Waals surface area (Å²) in [6.45, 7) is 18.5. The Kier molecular flexibility index (Phi) is 10.2. The van der Waals surface area contributed by atoms with E-state index in [0.29, 0.717) is 12.8 Å². The van der Waals surface area contributed by atoms with Crippen molar-refractivity contribution < 1.29 is 18.5 Å². The van der Waals surface area contributed by atoms with Gasteiger partial charge in [0.1, 0.15) is 5.41 Å². The van der Waals surface area contributed by atoms with Crippen LogP contribution in [0.4, 0.5) is 0 Å². The Hall–Kier alpha value is -1.33. The summed E-state index contributed by atoms with van der Waals surface area (Å²) in [6.07, 6.45) is 14.4. The number of methoxy groups -OCH3 is 1. The normalized spacial score (nSPS) is 32.3. The molecule has 0 aromatic carbocycles. The maximum Gasteiger partial charge on any atom is 0.158 e. The number of rotatable bonds is 12. The Bertz CT molecular complexity index is 979. The quantitative estimate of drug-likeness (QED) is 0.194. The molecule has 0 radical (unpaired) electrons. The van der Waals surface area contributed by atoms with Crippen LogP contribution in [0.5, 0.6) is 0 Å². The van der Waals surface area contributed by atoms with Gasteiger partial charge in [0.05, 0.1) is 16.3 Å². The molecule has 0 amide bonds. The zero-order chi connectivity index (χ0) is 28.4. The van der Waals surface area contributed by atoms with Gasteiger partial charge in [-0.15, -0.1) is 0 Å². The van der Waals surface area contributed by atoms with Crippen molar-refractivity contribution in [3.8, 4) is 0 Å². The second-order valence-corrected chi connectivity index (χ2v) is 14.7. The molecule has 37 heavy (non-hydrogen) atoms. The second-order valence-electron chi connectivity index (χ2n) is 13.2. The van der Waals surface area contributed by atoms with Gasteiger partial charge in [-0.05, 0) is 91.4 Å². The van der Waals surface area contributed by atoms with E-state index in [9.17, 15) is 13.8 Å². The molecular weight excluding hydrogens is 480 g/mol. The van der Waals surface area contributed by atoms with Crippen LogP contribution in [0.1, 0.15) is 101 Å². The van der Waals surface area contributed by atoms with Crippen molar-refractivity contribution in [2.75, 3.05) is 13.4 Å². The molecule has 0 spiro atoms. The van der Waals surface area contributed by atoms with Gasteiger partial charge in [-0.3, -0.25) is 13.8 Å². The van der Waals surface area contributed by atoms with Gasteiger partial charge >= 0.3 is 0 Å². The molecule has 0 aromatic rings. The SMILES string of the molecule is COC(C)(C)CCC[C@@]1(C)[C@H](CC=C(C)C)C[C@]2(CC=C(C)C)C(=O)[C@@]1(C(=O)C(C)C)C=CC2S(C)=O. The molecule has 2 rings (SSSR count). The topological polar surface area (TPSA) is 60.4 Å². The molecule has 0 aliphatic heterocycles. The van der Waals surface area contributed by atoms with Crippen LogP contribution in [0.3, 0.4) is 0 Å². The Labute approximate surface area is 229 Å². The van der Waals surface area contributed by atoms with Crippen molar-refractivity contribution in [3.05, 3.63) is 35.5 Å². The summed E-state index contributed by atoms with van der Waals surface area (Å²) in [6, 6.07) is 0. The lowest BCUT2D eigenvalue weighted by molar-refractivity contribution is -0.170. The fourth-order valence-corrected chi connectivity index (χ4v) is 8.04. The molecule has 6 atom stereocenters. The number of ether oxygens (including phenoxy) is 1. The minimum atomic E-state index is -1.23. The van der Waals surface area contributed by atoms with Gasteiger partial charge < -0.3 is 4.74 Å². The van der Waals surface area contributed by atoms with E-state index >= 15 is 0 Å². The molecule has 1 saturated carbocycles. The maximum atomic E-state index is 15.0.